The highest BCUT2D eigenvalue weighted by Gasteiger charge is 2.47. The Labute approximate surface area is 160 Å². The average molecular weight is 389 g/mol. The molecule has 0 unspecified atom stereocenters. The molecule has 2 saturated heterocycles. The van der Waals surface area contributed by atoms with Gasteiger partial charge in [0.15, 0.2) is 0 Å². The topological polar surface area (TPSA) is 59.6 Å². The summed E-state index contributed by atoms with van der Waals surface area (Å²) in [5.41, 5.74) is 1.02. The predicted octanol–water partition coefficient (Wildman–Crippen LogP) is 2.49. The molecule has 2 aliphatic rings. The Kier molecular flexibility index (Phi) is 5.56. The largest absolute Gasteiger partial charge is 0.372 e. The maximum atomic E-state index is 12.1. The number of ether oxygens (including phenoxy) is 2. The van der Waals surface area contributed by atoms with Gasteiger partial charge in [-0.15, -0.1) is 11.3 Å². The summed E-state index contributed by atoms with van der Waals surface area (Å²) < 4.78 is 11.7. The van der Waals surface area contributed by atoms with Crippen molar-refractivity contribution < 1.29 is 14.3 Å². The molecule has 4 atom stereocenters. The average Bonchev–Trinajstić information content (AvgIpc) is 3.41. The van der Waals surface area contributed by atoms with E-state index in [2.05, 4.69) is 28.5 Å². The second-order valence-electron chi connectivity index (χ2n) is 6.32. The number of carbonyl (C=O) groups excluding carboxylic acids is 1. The summed E-state index contributed by atoms with van der Waals surface area (Å²) >= 11 is 3.34. The molecular weight excluding hydrogens is 368 g/mol. The summed E-state index contributed by atoms with van der Waals surface area (Å²) in [7, 11) is 0. The normalized spacial score (nSPS) is 26.8. The van der Waals surface area contributed by atoms with E-state index in [1.54, 1.807) is 22.7 Å². The maximum absolute atomic E-state index is 12.1. The van der Waals surface area contributed by atoms with E-state index in [0.717, 1.165) is 12.0 Å². The molecule has 0 aliphatic carbocycles. The lowest BCUT2D eigenvalue weighted by Gasteiger charge is -2.17. The molecule has 2 fully saturated rings. The minimum Gasteiger partial charge on any atom is -0.372 e. The first-order valence-corrected chi connectivity index (χ1v) is 10.5. The predicted molar refractivity (Wildman–Crippen MR) is 103 cm³/mol. The van der Waals surface area contributed by atoms with Gasteiger partial charge >= 0.3 is 6.03 Å². The number of amides is 2. The van der Waals surface area contributed by atoms with Crippen LogP contribution in [0.2, 0.25) is 0 Å². The molecule has 26 heavy (non-hydrogen) atoms. The molecule has 2 amide bonds. The van der Waals surface area contributed by atoms with Crippen molar-refractivity contribution in [2.24, 2.45) is 5.92 Å². The zero-order valence-electron chi connectivity index (χ0n) is 14.1. The molecular formula is C19H20N2O3S2. The van der Waals surface area contributed by atoms with Crippen molar-refractivity contribution in [1.82, 2.24) is 10.6 Å². The van der Waals surface area contributed by atoms with Gasteiger partial charge in [0.25, 0.3) is 0 Å². The molecule has 0 spiro atoms. The Morgan fingerprint density at radius 3 is 2.96 bits per heavy atom. The van der Waals surface area contributed by atoms with Crippen LogP contribution in [0.15, 0.2) is 34.3 Å². The van der Waals surface area contributed by atoms with Crippen LogP contribution in [-0.2, 0) is 15.9 Å². The molecule has 136 valence electrons. The molecule has 2 aromatic heterocycles. The fraction of sp³-hybridized carbons (Fsp3) is 0.421. The summed E-state index contributed by atoms with van der Waals surface area (Å²) in [5, 5.41) is 12.0. The molecule has 2 aliphatic heterocycles. The van der Waals surface area contributed by atoms with E-state index < -0.39 is 0 Å². The van der Waals surface area contributed by atoms with Gasteiger partial charge in [-0.05, 0) is 29.3 Å². The van der Waals surface area contributed by atoms with Crippen LogP contribution >= 0.6 is 22.7 Å². The van der Waals surface area contributed by atoms with E-state index in [1.807, 2.05) is 28.3 Å². The van der Waals surface area contributed by atoms with Crippen LogP contribution in [0, 0.1) is 17.8 Å². The summed E-state index contributed by atoms with van der Waals surface area (Å²) in [4.78, 5) is 13.4. The van der Waals surface area contributed by atoms with Crippen molar-refractivity contribution in [3.8, 4) is 11.8 Å². The highest BCUT2D eigenvalue weighted by Crippen LogP contribution is 2.31. The summed E-state index contributed by atoms with van der Waals surface area (Å²) in [5.74, 6) is 6.49. The van der Waals surface area contributed by atoms with Crippen molar-refractivity contribution in [2.75, 3.05) is 19.8 Å². The lowest BCUT2D eigenvalue weighted by atomic mass is 10.0. The number of rotatable bonds is 4. The van der Waals surface area contributed by atoms with Crippen molar-refractivity contribution in [2.45, 2.75) is 24.7 Å². The molecule has 0 radical (unpaired) electrons. The Balaban J connectivity index is 1.25. The van der Waals surface area contributed by atoms with Crippen molar-refractivity contribution >= 4 is 28.7 Å². The third-order valence-electron chi connectivity index (χ3n) is 4.53. The van der Waals surface area contributed by atoms with Gasteiger partial charge in [0.05, 0.1) is 25.2 Å². The van der Waals surface area contributed by atoms with Crippen LogP contribution < -0.4 is 10.6 Å². The Hall–Kier alpha value is -1.85. The van der Waals surface area contributed by atoms with E-state index in [0.29, 0.717) is 19.8 Å². The van der Waals surface area contributed by atoms with Crippen molar-refractivity contribution in [1.29, 1.82) is 0 Å². The Morgan fingerprint density at radius 1 is 1.23 bits per heavy atom. The number of hydrogen-bond donors (Lipinski definition) is 2. The van der Waals surface area contributed by atoms with Gasteiger partial charge in [-0.3, -0.25) is 0 Å². The number of hydrogen-bond acceptors (Lipinski definition) is 5. The molecule has 0 bridgehead atoms. The van der Waals surface area contributed by atoms with E-state index in [4.69, 9.17) is 9.47 Å². The van der Waals surface area contributed by atoms with Crippen LogP contribution in [0.1, 0.15) is 10.4 Å². The molecule has 2 aromatic rings. The number of urea groups is 1. The van der Waals surface area contributed by atoms with Gasteiger partial charge in [0.1, 0.15) is 12.2 Å². The quantitative estimate of drug-likeness (QED) is 0.791. The Morgan fingerprint density at radius 2 is 2.15 bits per heavy atom. The second kappa shape index (κ2) is 8.23. The molecule has 4 heterocycles. The van der Waals surface area contributed by atoms with Crippen molar-refractivity contribution in [3.63, 3.8) is 0 Å². The van der Waals surface area contributed by atoms with Crippen LogP contribution in [0.4, 0.5) is 4.79 Å². The van der Waals surface area contributed by atoms with Gasteiger partial charge in [0.2, 0.25) is 0 Å². The molecule has 0 aromatic carbocycles. The number of thiophene rings is 2. The number of fused-ring (bicyclic) bond motifs is 1. The van der Waals surface area contributed by atoms with Crippen LogP contribution in [0.3, 0.4) is 0 Å². The van der Waals surface area contributed by atoms with E-state index in [1.165, 1.54) is 4.88 Å². The van der Waals surface area contributed by atoms with E-state index in [9.17, 15) is 4.79 Å². The second-order valence-corrected chi connectivity index (χ2v) is 8.13. The lowest BCUT2D eigenvalue weighted by molar-refractivity contribution is 0.0665. The standard InChI is InChI=1S/C19H20N2O3S2/c22-19(20-7-5-15-2-1-8-26-15)21-16-11-24-17-14(10-23-18(16)17)4-3-13-6-9-25-12-13/h1-2,6,8-9,12,14,16-18H,5,7,10-11H2,(H2,20,21,22)/t14-,16-,17+,18+/m0/s1. The summed E-state index contributed by atoms with van der Waals surface area (Å²) in [6.45, 7) is 1.62. The SMILES string of the molecule is O=C(NCCc1cccs1)N[C@H]1CO[C@H]2[C@@H]1OC[C@@H]2C#Cc1ccsc1. The molecule has 5 nitrogen and oxygen atoms in total. The fourth-order valence-electron chi connectivity index (χ4n) is 3.23. The first-order valence-electron chi connectivity index (χ1n) is 8.63. The monoisotopic (exact) mass is 388 g/mol. The van der Waals surface area contributed by atoms with E-state index in [-0.39, 0.29) is 30.2 Å². The first-order chi connectivity index (χ1) is 12.8. The number of carbonyl (C=O) groups is 1. The van der Waals surface area contributed by atoms with Crippen LogP contribution in [-0.4, -0.2) is 44.0 Å². The van der Waals surface area contributed by atoms with E-state index >= 15 is 0 Å². The van der Waals surface area contributed by atoms with Gasteiger partial charge in [-0.1, -0.05) is 17.9 Å². The van der Waals surface area contributed by atoms with Gasteiger partial charge in [-0.25, -0.2) is 4.79 Å². The minimum absolute atomic E-state index is 0.0496. The fourth-order valence-corrected chi connectivity index (χ4v) is 4.53. The zero-order valence-corrected chi connectivity index (χ0v) is 15.8. The van der Waals surface area contributed by atoms with Gasteiger partial charge < -0.3 is 20.1 Å². The molecule has 2 N–H and O–H groups in total. The third-order valence-corrected chi connectivity index (χ3v) is 6.15. The first kappa shape index (κ1) is 17.6. The van der Waals surface area contributed by atoms with Gasteiger partial charge in [0, 0.05) is 22.4 Å². The van der Waals surface area contributed by atoms with Crippen molar-refractivity contribution in [3.05, 3.63) is 44.8 Å². The summed E-state index contributed by atoms with van der Waals surface area (Å²) in [6.07, 6.45) is 0.645. The van der Waals surface area contributed by atoms with Crippen LogP contribution in [0.25, 0.3) is 0 Å². The summed E-state index contributed by atoms with van der Waals surface area (Å²) in [6, 6.07) is 5.79. The maximum Gasteiger partial charge on any atom is 0.315 e. The molecule has 4 rings (SSSR count). The lowest BCUT2D eigenvalue weighted by Crippen LogP contribution is -2.48. The van der Waals surface area contributed by atoms with Gasteiger partial charge in [-0.2, -0.15) is 11.3 Å². The third kappa shape index (κ3) is 4.10. The van der Waals surface area contributed by atoms with Crippen LogP contribution in [0.5, 0.6) is 0 Å². The molecule has 0 saturated carbocycles. The molecule has 7 heteroatoms. The smallest absolute Gasteiger partial charge is 0.315 e. The minimum atomic E-state index is -0.174. The number of nitrogens with one attached hydrogen (secondary N) is 2. The Bertz CT molecular complexity index is 780. The highest BCUT2D eigenvalue weighted by molar-refractivity contribution is 7.09. The zero-order chi connectivity index (χ0) is 17.8. The highest BCUT2D eigenvalue weighted by atomic mass is 32.1.